The van der Waals surface area contributed by atoms with Crippen molar-refractivity contribution < 1.29 is 14.0 Å². The maximum absolute atomic E-state index is 13.3. The van der Waals surface area contributed by atoms with Gasteiger partial charge in [0.25, 0.3) is 0 Å². The Morgan fingerprint density at radius 1 is 1.09 bits per heavy atom. The first-order valence-corrected chi connectivity index (χ1v) is 13.1. The summed E-state index contributed by atoms with van der Waals surface area (Å²) in [6.45, 7) is 2.18. The molecule has 3 rings (SSSR count). The third kappa shape index (κ3) is 7.62. The molecule has 0 heterocycles. The first-order valence-electron chi connectivity index (χ1n) is 11.2. The SMILES string of the molecule is CCC(C(=O)NC1CCCC1)N(Cc1ccc(Cl)c(Cl)c1)C(=O)CSCc1ccc(F)cc1. The molecule has 0 saturated heterocycles. The largest absolute Gasteiger partial charge is 0.352 e. The summed E-state index contributed by atoms with van der Waals surface area (Å²) in [5.74, 6) is 0.276. The average Bonchev–Trinajstić information content (AvgIpc) is 3.30. The smallest absolute Gasteiger partial charge is 0.243 e. The van der Waals surface area contributed by atoms with E-state index in [1.54, 1.807) is 29.2 Å². The van der Waals surface area contributed by atoms with E-state index in [0.717, 1.165) is 36.8 Å². The molecule has 0 bridgehead atoms. The van der Waals surface area contributed by atoms with Crippen molar-refractivity contribution in [1.29, 1.82) is 0 Å². The maximum atomic E-state index is 13.3. The number of hydrogen-bond acceptors (Lipinski definition) is 3. The molecule has 1 saturated carbocycles. The molecule has 0 radical (unpaired) electrons. The number of nitrogens with zero attached hydrogens (tertiary/aromatic N) is 1. The Morgan fingerprint density at radius 2 is 1.76 bits per heavy atom. The van der Waals surface area contributed by atoms with Crippen LogP contribution in [0.4, 0.5) is 4.39 Å². The third-order valence-corrected chi connectivity index (χ3v) is 7.56. The zero-order chi connectivity index (χ0) is 23.8. The Balaban J connectivity index is 1.71. The van der Waals surface area contributed by atoms with Crippen LogP contribution in [-0.4, -0.2) is 34.6 Å². The number of rotatable bonds is 10. The van der Waals surface area contributed by atoms with Gasteiger partial charge in [-0.2, -0.15) is 0 Å². The standard InChI is InChI=1S/C25H29Cl2FN2O2S/c1-2-23(25(32)29-20-5-3-4-6-20)30(14-18-9-12-21(26)22(27)13-18)24(31)16-33-15-17-7-10-19(28)11-8-17/h7-13,20,23H,2-6,14-16H2,1H3,(H,29,32). The molecule has 0 aliphatic heterocycles. The number of halogens is 3. The van der Waals surface area contributed by atoms with Crippen molar-refractivity contribution in [3.8, 4) is 0 Å². The number of carbonyl (C=O) groups is 2. The predicted molar refractivity (Wildman–Crippen MR) is 134 cm³/mol. The Kier molecular flexibility index (Phi) is 9.90. The zero-order valence-corrected chi connectivity index (χ0v) is 21.0. The molecule has 1 N–H and O–H groups in total. The Morgan fingerprint density at radius 3 is 2.39 bits per heavy atom. The summed E-state index contributed by atoms with van der Waals surface area (Å²) in [6.07, 6.45) is 4.71. The lowest BCUT2D eigenvalue weighted by Crippen LogP contribution is -2.51. The fraction of sp³-hybridized carbons (Fsp3) is 0.440. The molecular weight excluding hydrogens is 482 g/mol. The number of carbonyl (C=O) groups excluding carboxylic acids is 2. The summed E-state index contributed by atoms with van der Waals surface area (Å²) < 4.78 is 13.1. The van der Waals surface area contributed by atoms with E-state index in [1.165, 1.54) is 23.9 Å². The highest BCUT2D eigenvalue weighted by molar-refractivity contribution is 7.99. The number of benzene rings is 2. The van der Waals surface area contributed by atoms with Crippen LogP contribution in [0.3, 0.4) is 0 Å². The van der Waals surface area contributed by atoms with E-state index in [-0.39, 0.29) is 36.0 Å². The first kappa shape index (κ1) is 25.9. The number of hydrogen-bond donors (Lipinski definition) is 1. The molecule has 1 aliphatic carbocycles. The van der Waals surface area contributed by atoms with Crippen molar-refractivity contribution in [3.63, 3.8) is 0 Å². The van der Waals surface area contributed by atoms with Crippen LogP contribution < -0.4 is 5.32 Å². The highest BCUT2D eigenvalue weighted by atomic mass is 35.5. The van der Waals surface area contributed by atoms with E-state index in [0.29, 0.717) is 22.2 Å². The van der Waals surface area contributed by atoms with Gasteiger partial charge in [0.05, 0.1) is 15.8 Å². The van der Waals surface area contributed by atoms with E-state index in [9.17, 15) is 14.0 Å². The van der Waals surface area contributed by atoms with Crippen LogP contribution in [0.5, 0.6) is 0 Å². The van der Waals surface area contributed by atoms with E-state index < -0.39 is 6.04 Å². The molecule has 0 spiro atoms. The van der Waals surface area contributed by atoms with Gasteiger partial charge in [0, 0.05) is 18.3 Å². The zero-order valence-electron chi connectivity index (χ0n) is 18.7. The Labute approximate surface area is 209 Å². The van der Waals surface area contributed by atoms with Gasteiger partial charge in [0.2, 0.25) is 11.8 Å². The van der Waals surface area contributed by atoms with Gasteiger partial charge >= 0.3 is 0 Å². The molecule has 1 unspecified atom stereocenters. The molecule has 1 fully saturated rings. The molecular formula is C25H29Cl2FN2O2S. The minimum Gasteiger partial charge on any atom is -0.352 e. The van der Waals surface area contributed by atoms with Gasteiger partial charge in [0.1, 0.15) is 11.9 Å². The first-order chi connectivity index (χ1) is 15.9. The molecule has 2 aromatic rings. The van der Waals surface area contributed by atoms with Crippen molar-refractivity contribution in [2.75, 3.05) is 5.75 Å². The van der Waals surface area contributed by atoms with Gasteiger partial charge < -0.3 is 10.2 Å². The fourth-order valence-corrected chi connectivity index (χ4v) is 5.23. The summed E-state index contributed by atoms with van der Waals surface area (Å²) in [5, 5.41) is 3.99. The van der Waals surface area contributed by atoms with Gasteiger partial charge in [-0.15, -0.1) is 11.8 Å². The van der Waals surface area contributed by atoms with Gasteiger partial charge in [0.15, 0.2) is 0 Å². The van der Waals surface area contributed by atoms with Crippen molar-refractivity contribution in [3.05, 3.63) is 69.5 Å². The summed E-state index contributed by atoms with van der Waals surface area (Å²) in [5.41, 5.74) is 1.75. The normalized spacial score (nSPS) is 14.8. The highest BCUT2D eigenvalue weighted by Gasteiger charge is 2.30. The second kappa shape index (κ2) is 12.6. The lowest BCUT2D eigenvalue weighted by molar-refractivity contribution is -0.139. The summed E-state index contributed by atoms with van der Waals surface area (Å²) >= 11 is 13.7. The summed E-state index contributed by atoms with van der Waals surface area (Å²) in [4.78, 5) is 28.1. The summed E-state index contributed by atoms with van der Waals surface area (Å²) in [6, 6.07) is 11.1. The maximum Gasteiger partial charge on any atom is 0.243 e. The quantitative estimate of drug-likeness (QED) is 0.411. The van der Waals surface area contributed by atoms with Crippen molar-refractivity contribution in [2.45, 2.75) is 63.4 Å². The van der Waals surface area contributed by atoms with E-state index in [1.807, 2.05) is 13.0 Å². The molecule has 0 aromatic heterocycles. The molecule has 33 heavy (non-hydrogen) atoms. The number of amides is 2. The van der Waals surface area contributed by atoms with Crippen molar-refractivity contribution in [2.24, 2.45) is 0 Å². The molecule has 178 valence electrons. The highest BCUT2D eigenvalue weighted by Crippen LogP contribution is 2.25. The number of nitrogens with one attached hydrogen (secondary N) is 1. The Bertz CT molecular complexity index is 952. The molecule has 2 amide bonds. The minimum absolute atomic E-state index is 0.110. The van der Waals surface area contributed by atoms with Gasteiger partial charge in [-0.3, -0.25) is 9.59 Å². The Hall–Kier alpha value is -1.76. The molecule has 1 aliphatic rings. The lowest BCUT2D eigenvalue weighted by Gasteiger charge is -2.31. The van der Waals surface area contributed by atoms with Crippen LogP contribution in [-0.2, 0) is 21.9 Å². The molecule has 2 aromatic carbocycles. The summed E-state index contributed by atoms with van der Waals surface area (Å²) in [7, 11) is 0. The second-order valence-electron chi connectivity index (χ2n) is 8.30. The average molecular weight is 511 g/mol. The van der Waals surface area contributed by atoms with Crippen molar-refractivity contribution >= 4 is 46.8 Å². The van der Waals surface area contributed by atoms with Gasteiger partial charge in [-0.1, -0.05) is 61.2 Å². The van der Waals surface area contributed by atoms with E-state index >= 15 is 0 Å². The van der Waals surface area contributed by atoms with E-state index in [2.05, 4.69) is 5.32 Å². The van der Waals surface area contributed by atoms with Gasteiger partial charge in [-0.05, 0) is 54.7 Å². The third-order valence-electron chi connectivity index (χ3n) is 5.83. The van der Waals surface area contributed by atoms with Crippen LogP contribution in [0.1, 0.15) is 50.2 Å². The minimum atomic E-state index is -0.570. The van der Waals surface area contributed by atoms with Crippen LogP contribution in [0.15, 0.2) is 42.5 Å². The molecule has 1 atom stereocenters. The monoisotopic (exact) mass is 510 g/mol. The van der Waals surface area contributed by atoms with Gasteiger partial charge in [-0.25, -0.2) is 4.39 Å². The lowest BCUT2D eigenvalue weighted by atomic mass is 10.1. The number of thioether (sulfide) groups is 1. The van der Waals surface area contributed by atoms with Crippen molar-refractivity contribution in [1.82, 2.24) is 10.2 Å². The molecule has 8 heteroatoms. The van der Waals surface area contributed by atoms with Crippen LogP contribution in [0, 0.1) is 5.82 Å². The predicted octanol–water partition coefficient (Wildman–Crippen LogP) is 6.23. The van der Waals surface area contributed by atoms with E-state index in [4.69, 9.17) is 23.2 Å². The van der Waals surface area contributed by atoms with Crippen LogP contribution in [0.2, 0.25) is 10.0 Å². The topological polar surface area (TPSA) is 49.4 Å². The van der Waals surface area contributed by atoms with Crippen LogP contribution >= 0.6 is 35.0 Å². The fourth-order valence-electron chi connectivity index (χ4n) is 4.04. The second-order valence-corrected chi connectivity index (χ2v) is 10.1. The molecule has 4 nitrogen and oxygen atoms in total. The van der Waals surface area contributed by atoms with Crippen LogP contribution in [0.25, 0.3) is 0 Å².